The van der Waals surface area contributed by atoms with Crippen LogP contribution in [0.3, 0.4) is 0 Å². The number of hydrogen-bond donors (Lipinski definition) is 1. The number of nitrogens with two attached hydrogens (primary N) is 1. The van der Waals surface area contributed by atoms with Crippen LogP contribution in [0.2, 0.25) is 0 Å². The molecule has 0 heterocycles. The van der Waals surface area contributed by atoms with Crippen molar-refractivity contribution in [3.05, 3.63) is 42.2 Å². The molecule has 1 aromatic carbocycles. The van der Waals surface area contributed by atoms with Crippen LogP contribution in [0.25, 0.3) is 0 Å². The van der Waals surface area contributed by atoms with Crippen LogP contribution in [-0.4, -0.2) is 13.0 Å². The maximum atomic E-state index is 12.0. The largest absolute Gasteiger partial charge is 0.573 e. The SMILES string of the molecule is C=C(OC(F)F)[C@H](N)c1cccc(OC(F)(F)F)c1. The van der Waals surface area contributed by atoms with Crippen molar-refractivity contribution in [2.75, 3.05) is 0 Å². The molecular weight excluding hydrogens is 273 g/mol. The van der Waals surface area contributed by atoms with Gasteiger partial charge in [-0.2, -0.15) is 8.78 Å². The van der Waals surface area contributed by atoms with Gasteiger partial charge in [-0.1, -0.05) is 18.7 Å². The lowest BCUT2D eigenvalue weighted by Gasteiger charge is -2.17. The summed E-state index contributed by atoms with van der Waals surface area (Å²) >= 11 is 0. The molecule has 0 aliphatic rings. The van der Waals surface area contributed by atoms with Crippen molar-refractivity contribution in [1.82, 2.24) is 0 Å². The van der Waals surface area contributed by atoms with Crippen LogP contribution >= 0.6 is 0 Å². The molecule has 106 valence electrons. The molecule has 0 spiro atoms. The Kier molecular flexibility index (Phi) is 4.71. The minimum Gasteiger partial charge on any atom is -0.438 e. The van der Waals surface area contributed by atoms with Crippen LogP contribution < -0.4 is 10.5 Å². The average molecular weight is 283 g/mol. The molecule has 8 heteroatoms. The highest BCUT2D eigenvalue weighted by atomic mass is 19.4. The van der Waals surface area contributed by atoms with Gasteiger partial charge in [0.15, 0.2) is 0 Å². The van der Waals surface area contributed by atoms with Crippen molar-refractivity contribution < 1.29 is 31.4 Å². The minimum absolute atomic E-state index is 0.104. The van der Waals surface area contributed by atoms with Crippen molar-refractivity contribution in [3.8, 4) is 5.75 Å². The third kappa shape index (κ3) is 5.12. The smallest absolute Gasteiger partial charge is 0.438 e. The summed E-state index contributed by atoms with van der Waals surface area (Å²) in [5, 5.41) is 0. The number of ether oxygens (including phenoxy) is 2. The number of halogens is 5. The van der Waals surface area contributed by atoms with Gasteiger partial charge in [0.2, 0.25) is 0 Å². The highest BCUT2D eigenvalue weighted by molar-refractivity contribution is 5.33. The second-order valence-corrected chi connectivity index (χ2v) is 3.44. The first-order valence-electron chi connectivity index (χ1n) is 4.94. The van der Waals surface area contributed by atoms with Gasteiger partial charge in [0, 0.05) is 0 Å². The molecule has 1 atom stereocenters. The zero-order valence-electron chi connectivity index (χ0n) is 9.45. The Balaban J connectivity index is 2.84. The summed E-state index contributed by atoms with van der Waals surface area (Å²) in [6, 6.07) is 3.42. The van der Waals surface area contributed by atoms with Gasteiger partial charge >= 0.3 is 13.0 Å². The predicted octanol–water partition coefficient (Wildman–Crippen LogP) is 3.34. The molecule has 0 bridgehead atoms. The van der Waals surface area contributed by atoms with Crippen LogP contribution in [0.15, 0.2) is 36.6 Å². The molecule has 0 aliphatic carbocycles. The summed E-state index contributed by atoms with van der Waals surface area (Å²) in [4.78, 5) is 0. The van der Waals surface area contributed by atoms with E-state index in [1.54, 1.807) is 0 Å². The Hall–Kier alpha value is -1.83. The quantitative estimate of drug-likeness (QED) is 0.666. The van der Waals surface area contributed by atoms with Gasteiger partial charge in [-0.3, -0.25) is 0 Å². The molecule has 1 rings (SSSR count). The van der Waals surface area contributed by atoms with E-state index in [9.17, 15) is 22.0 Å². The molecule has 0 unspecified atom stereocenters. The molecule has 1 aromatic rings. The lowest BCUT2D eigenvalue weighted by molar-refractivity contribution is -0.274. The molecule has 0 amide bonds. The van der Waals surface area contributed by atoms with Gasteiger partial charge in [0.25, 0.3) is 0 Å². The zero-order valence-corrected chi connectivity index (χ0v) is 9.45. The molecule has 0 saturated carbocycles. The first-order valence-corrected chi connectivity index (χ1v) is 4.94. The molecule has 0 aromatic heterocycles. The maximum absolute atomic E-state index is 12.0. The molecular formula is C11H10F5NO2. The second-order valence-electron chi connectivity index (χ2n) is 3.44. The molecule has 3 nitrogen and oxygen atoms in total. The van der Waals surface area contributed by atoms with Crippen molar-refractivity contribution in [2.24, 2.45) is 5.73 Å². The molecule has 0 aliphatic heterocycles. The Labute approximate surface area is 105 Å². The fraction of sp³-hybridized carbons (Fsp3) is 0.273. The van der Waals surface area contributed by atoms with Crippen LogP contribution in [0, 0.1) is 0 Å². The standard InChI is InChI=1S/C11H10F5NO2/c1-6(18-10(12)13)9(17)7-3-2-4-8(5-7)19-11(14,15)16/h2-5,9-10H,1,17H2/t9-/m0/s1. The second kappa shape index (κ2) is 5.87. The highest BCUT2D eigenvalue weighted by Crippen LogP contribution is 2.27. The van der Waals surface area contributed by atoms with E-state index < -0.39 is 30.5 Å². The Morgan fingerprint density at radius 3 is 2.42 bits per heavy atom. The normalized spacial score (nSPS) is 13.2. The Morgan fingerprint density at radius 2 is 1.89 bits per heavy atom. The van der Waals surface area contributed by atoms with Gasteiger partial charge in [-0.15, -0.1) is 13.2 Å². The third-order valence-electron chi connectivity index (χ3n) is 2.04. The summed E-state index contributed by atoms with van der Waals surface area (Å²) < 4.78 is 67.6. The number of rotatable bonds is 5. The van der Waals surface area contributed by atoms with Gasteiger partial charge in [0.05, 0.1) is 6.04 Å². The first kappa shape index (κ1) is 15.2. The lowest BCUT2D eigenvalue weighted by Crippen LogP contribution is -2.19. The zero-order chi connectivity index (χ0) is 14.6. The van der Waals surface area contributed by atoms with E-state index in [1.807, 2.05) is 0 Å². The number of benzene rings is 1. The minimum atomic E-state index is -4.85. The third-order valence-corrected chi connectivity index (χ3v) is 2.04. The van der Waals surface area contributed by atoms with Gasteiger partial charge < -0.3 is 15.2 Å². The fourth-order valence-electron chi connectivity index (χ4n) is 1.28. The topological polar surface area (TPSA) is 44.5 Å². The molecule has 19 heavy (non-hydrogen) atoms. The monoisotopic (exact) mass is 283 g/mol. The van der Waals surface area contributed by atoms with Crippen molar-refractivity contribution in [2.45, 2.75) is 19.0 Å². The van der Waals surface area contributed by atoms with E-state index >= 15 is 0 Å². The molecule has 0 fully saturated rings. The molecule has 0 radical (unpaired) electrons. The summed E-state index contributed by atoms with van der Waals surface area (Å²) in [7, 11) is 0. The van der Waals surface area contributed by atoms with Gasteiger partial charge in [-0.25, -0.2) is 0 Å². The van der Waals surface area contributed by atoms with Gasteiger partial charge in [0.1, 0.15) is 11.5 Å². The van der Waals surface area contributed by atoms with Crippen LogP contribution in [0.1, 0.15) is 11.6 Å². The Morgan fingerprint density at radius 1 is 1.26 bits per heavy atom. The summed E-state index contributed by atoms with van der Waals surface area (Å²) in [6.45, 7) is 0.0816. The van der Waals surface area contributed by atoms with E-state index in [0.717, 1.165) is 12.1 Å². The summed E-state index contributed by atoms with van der Waals surface area (Å²) in [6.07, 6.45) is -4.85. The molecule has 0 saturated heterocycles. The van der Waals surface area contributed by atoms with E-state index in [4.69, 9.17) is 5.73 Å². The highest BCUT2D eigenvalue weighted by Gasteiger charge is 2.31. The molecule has 2 N–H and O–H groups in total. The number of hydrogen-bond acceptors (Lipinski definition) is 3. The van der Waals surface area contributed by atoms with Gasteiger partial charge in [-0.05, 0) is 17.7 Å². The van der Waals surface area contributed by atoms with E-state index in [-0.39, 0.29) is 5.56 Å². The Bertz CT molecular complexity index is 447. The first-order chi connectivity index (χ1) is 8.69. The van der Waals surface area contributed by atoms with Crippen molar-refractivity contribution >= 4 is 0 Å². The fourth-order valence-corrected chi connectivity index (χ4v) is 1.28. The summed E-state index contributed by atoms with van der Waals surface area (Å²) in [5.74, 6) is -0.968. The lowest BCUT2D eigenvalue weighted by atomic mass is 10.1. The van der Waals surface area contributed by atoms with E-state index in [2.05, 4.69) is 16.1 Å². The van der Waals surface area contributed by atoms with Crippen molar-refractivity contribution in [1.29, 1.82) is 0 Å². The summed E-state index contributed by atoms with van der Waals surface area (Å²) in [5.41, 5.74) is 5.63. The van der Waals surface area contributed by atoms with E-state index in [0.29, 0.717) is 0 Å². The van der Waals surface area contributed by atoms with Crippen LogP contribution in [0.4, 0.5) is 22.0 Å². The van der Waals surface area contributed by atoms with Crippen LogP contribution in [0.5, 0.6) is 5.75 Å². The predicted molar refractivity (Wildman–Crippen MR) is 56.3 cm³/mol. The van der Waals surface area contributed by atoms with E-state index in [1.165, 1.54) is 12.1 Å². The average Bonchev–Trinajstić information content (AvgIpc) is 2.25. The van der Waals surface area contributed by atoms with Crippen molar-refractivity contribution in [3.63, 3.8) is 0 Å². The maximum Gasteiger partial charge on any atom is 0.573 e. The number of alkyl halides is 5. The van der Waals surface area contributed by atoms with Crippen LogP contribution in [-0.2, 0) is 4.74 Å².